The fourth-order valence-corrected chi connectivity index (χ4v) is 3.67. The maximum absolute atomic E-state index is 5.23. The zero-order valence-electron chi connectivity index (χ0n) is 11.4. The molecule has 0 aromatic carbocycles. The van der Waals surface area contributed by atoms with Crippen molar-refractivity contribution in [2.45, 2.75) is 38.0 Å². The SMILES string of the molecule is CCCNc1nc(C2CCCS2)nc(COC)c1Br. The molecule has 0 spiro atoms. The van der Waals surface area contributed by atoms with Crippen molar-refractivity contribution in [3.05, 3.63) is 16.0 Å². The molecule has 0 radical (unpaired) electrons. The van der Waals surface area contributed by atoms with Gasteiger partial charge in [0.15, 0.2) is 0 Å². The Kier molecular flexibility index (Phi) is 5.91. The molecule has 0 saturated carbocycles. The average molecular weight is 346 g/mol. The van der Waals surface area contributed by atoms with Crippen LogP contribution in [-0.2, 0) is 11.3 Å². The number of halogens is 1. The van der Waals surface area contributed by atoms with Gasteiger partial charge in [-0.2, -0.15) is 11.8 Å². The maximum Gasteiger partial charge on any atom is 0.144 e. The molecule has 19 heavy (non-hydrogen) atoms. The Morgan fingerprint density at radius 3 is 2.95 bits per heavy atom. The van der Waals surface area contributed by atoms with E-state index in [1.54, 1.807) is 7.11 Å². The topological polar surface area (TPSA) is 47.0 Å². The number of anilines is 1. The lowest BCUT2D eigenvalue weighted by Crippen LogP contribution is -2.10. The van der Waals surface area contributed by atoms with E-state index >= 15 is 0 Å². The van der Waals surface area contributed by atoms with Gasteiger partial charge in [0.05, 0.1) is 22.0 Å². The fourth-order valence-electron chi connectivity index (χ4n) is 2.03. The highest BCUT2D eigenvalue weighted by molar-refractivity contribution is 9.10. The molecule has 0 aliphatic carbocycles. The van der Waals surface area contributed by atoms with Gasteiger partial charge >= 0.3 is 0 Å². The molecule has 1 aliphatic rings. The molecule has 1 aromatic heterocycles. The quantitative estimate of drug-likeness (QED) is 0.850. The first-order chi connectivity index (χ1) is 9.26. The lowest BCUT2D eigenvalue weighted by molar-refractivity contribution is 0.180. The van der Waals surface area contributed by atoms with E-state index < -0.39 is 0 Å². The van der Waals surface area contributed by atoms with Crippen molar-refractivity contribution in [3.8, 4) is 0 Å². The number of nitrogens with one attached hydrogen (secondary N) is 1. The van der Waals surface area contributed by atoms with Gasteiger partial charge in [-0.1, -0.05) is 6.92 Å². The van der Waals surface area contributed by atoms with E-state index in [1.807, 2.05) is 11.8 Å². The van der Waals surface area contributed by atoms with Crippen LogP contribution in [0.25, 0.3) is 0 Å². The Hall–Kier alpha value is -0.330. The molecule has 1 fully saturated rings. The van der Waals surface area contributed by atoms with Crippen molar-refractivity contribution in [3.63, 3.8) is 0 Å². The molecular formula is C13H20BrN3OS. The highest BCUT2D eigenvalue weighted by atomic mass is 79.9. The van der Waals surface area contributed by atoms with Crippen molar-refractivity contribution in [1.82, 2.24) is 9.97 Å². The van der Waals surface area contributed by atoms with Crippen LogP contribution in [0.3, 0.4) is 0 Å². The zero-order chi connectivity index (χ0) is 13.7. The first-order valence-electron chi connectivity index (χ1n) is 6.67. The molecule has 106 valence electrons. The molecule has 1 saturated heterocycles. The molecule has 4 nitrogen and oxygen atoms in total. The molecule has 2 rings (SSSR count). The first-order valence-corrected chi connectivity index (χ1v) is 8.51. The molecule has 1 unspecified atom stereocenters. The van der Waals surface area contributed by atoms with Crippen LogP contribution in [-0.4, -0.2) is 29.4 Å². The lowest BCUT2D eigenvalue weighted by atomic mass is 10.2. The van der Waals surface area contributed by atoms with Gasteiger partial charge in [-0.15, -0.1) is 0 Å². The number of ether oxygens (including phenoxy) is 1. The van der Waals surface area contributed by atoms with Crippen LogP contribution in [0.15, 0.2) is 4.47 Å². The van der Waals surface area contributed by atoms with Gasteiger partial charge in [0, 0.05) is 13.7 Å². The Bertz CT molecular complexity index is 425. The summed E-state index contributed by atoms with van der Waals surface area (Å²) in [6, 6.07) is 0. The maximum atomic E-state index is 5.23. The van der Waals surface area contributed by atoms with E-state index in [4.69, 9.17) is 4.74 Å². The normalized spacial score (nSPS) is 18.8. The molecule has 0 amide bonds. The summed E-state index contributed by atoms with van der Waals surface area (Å²) >= 11 is 5.53. The molecule has 0 bridgehead atoms. The monoisotopic (exact) mass is 345 g/mol. The summed E-state index contributed by atoms with van der Waals surface area (Å²) in [5.74, 6) is 3.05. The number of nitrogens with zero attached hydrogens (tertiary/aromatic N) is 2. The van der Waals surface area contributed by atoms with Gasteiger partial charge in [0.1, 0.15) is 11.6 Å². The van der Waals surface area contributed by atoms with E-state index in [0.717, 1.165) is 34.8 Å². The van der Waals surface area contributed by atoms with Crippen LogP contribution in [0, 0.1) is 0 Å². The number of hydrogen-bond donors (Lipinski definition) is 1. The number of methoxy groups -OCH3 is 1. The second kappa shape index (κ2) is 7.45. The van der Waals surface area contributed by atoms with E-state index in [9.17, 15) is 0 Å². The second-order valence-corrected chi connectivity index (χ2v) is 6.66. The van der Waals surface area contributed by atoms with Crippen LogP contribution < -0.4 is 5.32 Å². The lowest BCUT2D eigenvalue weighted by Gasteiger charge is -2.15. The van der Waals surface area contributed by atoms with Crippen LogP contribution in [0.4, 0.5) is 5.82 Å². The third-order valence-corrected chi connectivity index (χ3v) is 5.18. The predicted octanol–water partition coefficient (Wildman–Crippen LogP) is 3.78. The van der Waals surface area contributed by atoms with E-state index in [0.29, 0.717) is 11.9 Å². The van der Waals surface area contributed by atoms with Gasteiger partial charge in [-0.05, 0) is 40.9 Å². The Morgan fingerprint density at radius 1 is 1.47 bits per heavy atom. The van der Waals surface area contributed by atoms with Gasteiger partial charge in [-0.25, -0.2) is 9.97 Å². The van der Waals surface area contributed by atoms with Crippen molar-refractivity contribution in [2.75, 3.05) is 24.7 Å². The highest BCUT2D eigenvalue weighted by Crippen LogP contribution is 2.39. The Labute approximate surface area is 127 Å². The van der Waals surface area contributed by atoms with Crippen LogP contribution >= 0.6 is 27.7 Å². The van der Waals surface area contributed by atoms with Gasteiger partial charge < -0.3 is 10.1 Å². The molecule has 1 aromatic rings. The summed E-state index contributed by atoms with van der Waals surface area (Å²) in [5.41, 5.74) is 0.929. The molecule has 1 N–H and O–H groups in total. The summed E-state index contributed by atoms with van der Waals surface area (Å²) in [7, 11) is 1.69. The predicted molar refractivity (Wildman–Crippen MR) is 83.7 cm³/mol. The van der Waals surface area contributed by atoms with E-state index in [2.05, 4.69) is 38.1 Å². The molecular weight excluding hydrogens is 326 g/mol. The zero-order valence-corrected chi connectivity index (χ0v) is 13.8. The van der Waals surface area contributed by atoms with Crippen molar-refractivity contribution in [1.29, 1.82) is 0 Å². The number of hydrogen-bond acceptors (Lipinski definition) is 5. The minimum absolute atomic E-state index is 0.436. The number of rotatable bonds is 6. The standard InChI is InChI=1S/C13H20BrN3OS/c1-3-6-15-13-11(14)9(8-18-2)16-12(17-13)10-5-4-7-19-10/h10H,3-8H2,1-2H3,(H,15,16,17). The minimum atomic E-state index is 0.436. The van der Waals surface area contributed by atoms with Crippen molar-refractivity contribution < 1.29 is 4.74 Å². The van der Waals surface area contributed by atoms with Crippen LogP contribution in [0.2, 0.25) is 0 Å². The van der Waals surface area contributed by atoms with E-state index in [1.165, 1.54) is 18.6 Å². The van der Waals surface area contributed by atoms with Crippen LogP contribution in [0.5, 0.6) is 0 Å². The van der Waals surface area contributed by atoms with E-state index in [-0.39, 0.29) is 0 Å². The number of thioether (sulfide) groups is 1. The third kappa shape index (κ3) is 3.83. The Morgan fingerprint density at radius 2 is 2.32 bits per heavy atom. The molecule has 2 heterocycles. The average Bonchev–Trinajstić information content (AvgIpc) is 2.94. The first kappa shape index (κ1) is 15.1. The smallest absolute Gasteiger partial charge is 0.144 e. The highest BCUT2D eigenvalue weighted by Gasteiger charge is 2.23. The van der Waals surface area contributed by atoms with Crippen molar-refractivity contribution in [2.24, 2.45) is 0 Å². The van der Waals surface area contributed by atoms with Gasteiger partial charge in [0.25, 0.3) is 0 Å². The molecule has 1 aliphatic heterocycles. The largest absolute Gasteiger partial charge is 0.378 e. The van der Waals surface area contributed by atoms with Crippen molar-refractivity contribution >= 4 is 33.5 Å². The van der Waals surface area contributed by atoms with Gasteiger partial charge in [0.2, 0.25) is 0 Å². The fraction of sp³-hybridized carbons (Fsp3) is 0.692. The summed E-state index contributed by atoms with van der Waals surface area (Å²) in [5, 5.41) is 3.80. The molecule has 6 heteroatoms. The second-order valence-electron chi connectivity index (χ2n) is 4.55. The summed E-state index contributed by atoms with van der Waals surface area (Å²) in [6.45, 7) is 3.57. The summed E-state index contributed by atoms with van der Waals surface area (Å²) in [4.78, 5) is 9.36. The Balaban J connectivity index is 2.29. The van der Waals surface area contributed by atoms with Crippen LogP contribution in [0.1, 0.15) is 43.0 Å². The third-order valence-electron chi connectivity index (χ3n) is 2.98. The molecule has 1 atom stereocenters. The summed E-state index contributed by atoms with van der Waals surface area (Å²) < 4.78 is 6.16. The minimum Gasteiger partial charge on any atom is -0.378 e. The van der Waals surface area contributed by atoms with Gasteiger partial charge in [-0.3, -0.25) is 0 Å². The number of aromatic nitrogens is 2. The summed E-state index contributed by atoms with van der Waals surface area (Å²) in [6.07, 6.45) is 3.50.